The standard InChI is InChI=1S/C13H18N2O2/c1-2-13(16)15-11-5-3-4-10(8-11)12-9-14-6-7-17-12/h3-5,8,12,14H,2,6-7,9H2,1H3,(H,15,16). The molecule has 0 aliphatic carbocycles. The van der Waals surface area contributed by atoms with E-state index >= 15 is 0 Å². The number of hydrogen-bond donors (Lipinski definition) is 2. The predicted molar refractivity (Wildman–Crippen MR) is 66.9 cm³/mol. The van der Waals surface area contributed by atoms with Gasteiger partial charge in [-0.2, -0.15) is 0 Å². The number of rotatable bonds is 3. The van der Waals surface area contributed by atoms with Crippen molar-refractivity contribution in [1.29, 1.82) is 0 Å². The first-order chi connectivity index (χ1) is 8.29. The summed E-state index contributed by atoms with van der Waals surface area (Å²) in [5.74, 6) is 0.0323. The van der Waals surface area contributed by atoms with E-state index in [1.165, 1.54) is 0 Å². The fraction of sp³-hybridized carbons (Fsp3) is 0.462. The molecule has 0 bridgehead atoms. The van der Waals surface area contributed by atoms with E-state index < -0.39 is 0 Å². The van der Waals surface area contributed by atoms with Crippen molar-refractivity contribution in [3.8, 4) is 0 Å². The molecule has 2 N–H and O–H groups in total. The molecule has 1 amide bonds. The van der Waals surface area contributed by atoms with Crippen molar-refractivity contribution in [3.05, 3.63) is 29.8 Å². The van der Waals surface area contributed by atoms with Crippen molar-refractivity contribution in [3.63, 3.8) is 0 Å². The number of benzene rings is 1. The molecule has 0 radical (unpaired) electrons. The lowest BCUT2D eigenvalue weighted by Crippen LogP contribution is -2.33. The molecule has 1 unspecified atom stereocenters. The lowest BCUT2D eigenvalue weighted by atomic mass is 10.1. The first-order valence-corrected chi connectivity index (χ1v) is 6.01. The van der Waals surface area contributed by atoms with Crippen molar-refractivity contribution < 1.29 is 9.53 Å². The first kappa shape index (κ1) is 12.1. The van der Waals surface area contributed by atoms with Crippen LogP contribution < -0.4 is 10.6 Å². The van der Waals surface area contributed by atoms with Gasteiger partial charge in [0.05, 0.1) is 12.7 Å². The molecule has 17 heavy (non-hydrogen) atoms. The van der Waals surface area contributed by atoms with Crippen molar-refractivity contribution in [1.82, 2.24) is 5.32 Å². The minimum absolute atomic E-state index is 0.0323. The summed E-state index contributed by atoms with van der Waals surface area (Å²) in [5.41, 5.74) is 1.94. The number of carbonyl (C=O) groups is 1. The quantitative estimate of drug-likeness (QED) is 0.837. The molecule has 1 heterocycles. The summed E-state index contributed by atoms with van der Waals surface area (Å²) in [6.45, 7) is 4.30. The summed E-state index contributed by atoms with van der Waals surface area (Å²) in [6, 6.07) is 7.84. The van der Waals surface area contributed by atoms with E-state index in [0.717, 1.165) is 30.9 Å². The monoisotopic (exact) mass is 234 g/mol. The smallest absolute Gasteiger partial charge is 0.224 e. The molecular formula is C13H18N2O2. The SMILES string of the molecule is CCC(=O)Nc1cccc(C2CNCCO2)c1. The summed E-state index contributed by atoms with van der Waals surface area (Å²) in [4.78, 5) is 11.3. The maximum atomic E-state index is 11.3. The Labute approximate surface area is 101 Å². The summed E-state index contributed by atoms with van der Waals surface area (Å²) in [5, 5.41) is 6.15. The molecule has 1 atom stereocenters. The molecule has 4 nitrogen and oxygen atoms in total. The average molecular weight is 234 g/mol. The maximum absolute atomic E-state index is 11.3. The summed E-state index contributed by atoms with van der Waals surface area (Å²) >= 11 is 0. The van der Waals surface area contributed by atoms with Gasteiger partial charge in [0, 0.05) is 25.2 Å². The third kappa shape index (κ3) is 3.28. The minimum atomic E-state index is 0.0323. The van der Waals surface area contributed by atoms with Crippen LogP contribution in [0.4, 0.5) is 5.69 Å². The first-order valence-electron chi connectivity index (χ1n) is 6.01. The topological polar surface area (TPSA) is 50.4 Å². The molecule has 0 spiro atoms. The number of carbonyl (C=O) groups excluding carboxylic acids is 1. The van der Waals surface area contributed by atoms with E-state index in [1.807, 2.05) is 31.2 Å². The van der Waals surface area contributed by atoms with Crippen LogP contribution in [-0.2, 0) is 9.53 Å². The molecule has 1 aliphatic rings. The van der Waals surface area contributed by atoms with Gasteiger partial charge in [0.25, 0.3) is 0 Å². The third-order valence-corrected chi connectivity index (χ3v) is 2.79. The Morgan fingerprint density at radius 2 is 2.47 bits per heavy atom. The fourth-order valence-corrected chi connectivity index (χ4v) is 1.85. The Morgan fingerprint density at radius 1 is 1.59 bits per heavy atom. The Hall–Kier alpha value is -1.39. The van der Waals surface area contributed by atoms with Gasteiger partial charge in [-0.25, -0.2) is 0 Å². The van der Waals surface area contributed by atoms with Gasteiger partial charge >= 0.3 is 0 Å². The second-order valence-electron chi connectivity index (χ2n) is 4.09. The van der Waals surface area contributed by atoms with Crippen molar-refractivity contribution in [2.45, 2.75) is 19.4 Å². The zero-order valence-corrected chi connectivity index (χ0v) is 10.0. The molecule has 1 fully saturated rings. The molecule has 1 aromatic rings. The van der Waals surface area contributed by atoms with Gasteiger partial charge in [-0.15, -0.1) is 0 Å². The van der Waals surface area contributed by atoms with Gasteiger partial charge in [0.2, 0.25) is 5.91 Å². The molecule has 0 aromatic heterocycles. The normalized spacial score (nSPS) is 19.9. The van der Waals surface area contributed by atoms with Crippen LogP contribution in [0.3, 0.4) is 0 Å². The van der Waals surface area contributed by atoms with Crippen molar-refractivity contribution >= 4 is 11.6 Å². The Balaban J connectivity index is 2.07. The van der Waals surface area contributed by atoms with Gasteiger partial charge in [-0.1, -0.05) is 19.1 Å². The van der Waals surface area contributed by atoms with E-state index in [2.05, 4.69) is 10.6 Å². The molecular weight excluding hydrogens is 216 g/mol. The van der Waals surface area contributed by atoms with E-state index in [1.54, 1.807) is 0 Å². The van der Waals surface area contributed by atoms with E-state index in [0.29, 0.717) is 6.42 Å². The van der Waals surface area contributed by atoms with Crippen LogP contribution >= 0.6 is 0 Å². The molecule has 1 aromatic carbocycles. The number of nitrogens with one attached hydrogen (secondary N) is 2. The van der Waals surface area contributed by atoms with E-state index in [9.17, 15) is 4.79 Å². The zero-order chi connectivity index (χ0) is 12.1. The highest BCUT2D eigenvalue weighted by molar-refractivity contribution is 5.90. The molecule has 1 saturated heterocycles. The van der Waals surface area contributed by atoms with Crippen LogP contribution in [0.2, 0.25) is 0 Å². The van der Waals surface area contributed by atoms with Crippen molar-refractivity contribution in [2.24, 2.45) is 0 Å². The van der Waals surface area contributed by atoms with Crippen LogP contribution in [-0.4, -0.2) is 25.6 Å². The number of anilines is 1. The molecule has 4 heteroatoms. The highest BCUT2D eigenvalue weighted by Gasteiger charge is 2.15. The van der Waals surface area contributed by atoms with Crippen LogP contribution in [0.5, 0.6) is 0 Å². The van der Waals surface area contributed by atoms with E-state index in [-0.39, 0.29) is 12.0 Å². The molecule has 92 valence electrons. The number of morpholine rings is 1. The van der Waals surface area contributed by atoms with E-state index in [4.69, 9.17) is 4.74 Å². The lowest BCUT2D eigenvalue weighted by Gasteiger charge is -2.24. The largest absolute Gasteiger partial charge is 0.371 e. The number of hydrogen-bond acceptors (Lipinski definition) is 3. The number of ether oxygens (including phenoxy) is 1. The fourth-order valence-electron chi connectivity index (χ4n) is 1.85. The molecule has 0 saturated carbocycles. The van der Waals surface area contributed by atoms with Crippen LogP contribution in [0.25, 0.3) is 0 Å². The highest BCUT2D eigenvalue weighted by Crippen LogP contribution is 2.21. The minimum Gasteiger partial charge on any atom is -0.371 e. The van der Waals surface area contributed by atoms with Crippen LogP contribution in [0.1, 0.15) is 25.0 Å². The Morgan fingerprint density at radius 3 is 3.18 bits per heavy atom. The second kappa shape index (κ2) is 5.80. The van der Waals surface area contributed by atoms with Gasteiger partial charge in [-0.05, 0) is 17.7 Å². The van der Waals surface area contributed by atoms with Crippen molar-refractivity contribution in [2.75, 3.05) is 25.0 Å². The second-order valence-corrected chi connectivity index (χ2v) is 4.09. The highest BCUT2D eigenvalue weighted by atomic mass is 16.5. The lowest BCUT2D eigenvalue weighted by molar-refractivity contribution is -0.115. The van der Waals surface area contributed by atoms with Crippen LogP contribution in [0, 0.1) is 0 Å². The molecule has 1 aliphatic heterocycles. The number of amides is 1. The Bertz CT molecular complexity index is 387. The summed E-state index contributed by atoms with van der Waals surface area (Å²) < 4.78 is 5.68. The average Bonchev–Trinajstić information content (AvgIpc) is 2.40. The predicted octanol–water partition coefficient (Wildman–Crippen LogP) is 1.70. The maximum Gasteiger partial charge on any atom is 0.224 e. The van der Waals surface area contributed by atoms with Gasteiger partial charge in [0.15, 0.2) is 0 Å². The molecule has 2 rings (SSSR count). The summed E-state index contributed by atoms with van der Waals surface area (Å²) in [7, 11) is 0. The third-order valence-electron chi connectivity index (χ3n) is 2.79. The van der Waals surface area contributed by atoms with Crippen LogP contribution in [0.15, 0.2) is 24.3 Å². The van der Waals surface area contributed by atoms with Gasteiger partial charge in [0.1, 0.15) is 0 Å². The Kier molecular flexibility index (Phi) is 4.12. The zero-order valence-electron chi connectivity index (χ0n) is 10.0. The van der Waals surface area contributed by atoms with Gasteiger partial charge < -0.3 is 15.4 Å². The van der Waals surface area contributed by atoms with Gasteiger partial charge in [-0.3, -0.25) is 4.79 Å². The summed E-state index contributed by atoms with van der Waals surface area (Å²) in [6.07, 6.45) is 0.577.